The number of imidazole rings is 1. The molecule has 0 saturated carbocycles. The van der Waals surface area contributed by atoms with E-state index < -0.39 is 6.36 Å². The largest absolute Gasteiger partial charge is 0.573 e. The van der Waals surface area contributed by atoms with Gasteiger partial charge in [0.15, 0.2) is 5.65 Å². The average molecular weight is 380 g/mol. The van der Waals surface area contributed by atoms with Gasteiger partial charge in [0.1, 0.15) is 29.5 Å². The lowest BCUT2D eigenvalue weighted by Gasteiger charge is -2.14. The van der Waals surface area contributed by atoms with Gasteiger partial charge in [-0.25, -0.2) is 15.0 Å². The van der Waals surface area contributed by atoms with Crippen LogP contribution in [0.15, 0.2) is 36.9 Å². The Morgan fingerprint density at radius 2 is 2.00 bits per heavy atom. The van der Waals surface area contributed by atoms with Crippen LogP contribution in [0.2, 0.25) is 0 Å². The van der Waals surface area contributed by atoms with Crippen molar-refractivity contribution in [2.45, 2.75) is 31.5 Å². The Labute approximate surface area is 151 Å². The Morgan fingerprint density at radius 1 is 1.19 bits per heavy atom. The van der Waals surface area contributed by atoms with Gasteiger partial charge in [0, 0.05) is 5.56 Å². The van der Waals surface area contributed by atoms with Gasteiger partial charge in [-0.05, 0) is 25.0 Å². The van der Waals surface area contributed by atoms with Gasteiger partial charge in [0.25, 0.3) is 0 Å². The lowest BCUT2D eigenvalue weighted by atomic mass is 10.1. The molecular formula is C17H15F3N4O3. The van der Waals surface area contributed by atoms with Crippen LogP contribution in [0.4, 0.5) is 13.2 Å². The van der Waals surface area contributed by atoms with Crippen LogP contribution in [0.1, 0.15) is 19.1 Å². The molecule has 7 nitrogen and oxygen atoms in total. The van der Waals surface area contributed by atoms with E-state index in [1.165, 1.54) is 30.9 Å². The molecule has 27 heavy (non-hydrogen) atoms. The maximum absolute atomic E-state index is 12.7. The van der Waals surface area contributed by atoms with E-state index in [9.17, 15) is 18.3 Å². The molecule has 1 aliphatic heterocycles. The summed E-state index contributed by atoms with van der Waals surface area (Å²) in [5, 5.41) is 9.23. The maximum atomic E-state index is 12.7. The van der Waals surface area contributed by atoms with Crippen molar-refractivity contribution in [3.8, 4) is 17.0 Å². The van der Waals surface area contributed by atoms with Gasteiger partial charge in [0.2, 0.25) is 0 Å². The monoisotopic (exact) mass is 380 g/mol. The van der Waals surface area contributed by atoms with E-state index >= 15 is 0 Å². The number of aliphatic hydroxyl groups excluding tert-OH is 1. The second-order valence-corrected chi connectivity index (χ2v) is 6.06. The molecule has 4 rings (SSSR count). The minimum Gasteiger partial charge on any atom is -0.405 e. The first kappa shape index (κ1) is 17.7. The molecule has 142 valence electrons. The van der Waals surface area contributed by atoms with E-state index in [0.717, 1.165) is 0 Å². The number of nitrogens with zero attached hydrogens (tertiary/aromatic N) is 4. The Bertz CT molecular complexity index is 960. The number of fused-ring (bicyclic) bond motifs is 1. The third-order valence-corrected chi connectivity index (χ3v) is 4.33. The molecule has 3 aromatic rings. The number of benzene rings is 1. The molecule has 0 aliphatic carbocycles. The highest BCUT2D eigenvalue weighted by Gasteiger charge is 2.33. The van der Waals surface area contributed by atoms with Crippen LogP contribution < -0.4 is 4.74 Å². The standard InChI is InChI=1S/C17H15F3N4O3/c18-17(19,20)27-12-4-2-1-3-11(12)14-15-16(22-8-21-14)24(9-23-15)13-6-5-10(7-25)26-13/h1-4,8-10,13,25H,5-7H2. The normalized spacial score (nSPS) is 20.3. The van der Waals surface area contributed by atoms with Gasteiger partial charge in [-0.1, -0.05) is 12.1 Å². The van der Waals surface area contributed by atoms with Crippen molar-refractivity contribution in [2.24, 2.45) is 0 Å². The summed E-state index contributed by atoms with van der Waals surface area (Å²) in [7, 11) is 0. The van der Waals surface area contributed by atoms with Crippen molar-refractivity contribution in [2.75, 3.05) is 6.61 Å². The van der Waals surface area contributed by atoms with Crippen LogP contribution in [0, 0.1) is 0 Å². The molecule has 1 aromatic carbocycles. The second kappa shape index (κ2) is 6.78. The smallest absolute Gasteiger partial charge is 0.405 e. The van der Waals surface area contributed by atoms with Crippen LogP contribution in [0.5, 0.6) is 5.75 Å². The highest BCUT2D eigenvalue weighted by molar-refractivity contribution is 5.89. The predicted molar refractivity (Wildman–Crippen MR) is 87.7 cm³/mol. The summed E-state index contributed by atoms with van der Waals surface area (Å²) >= 11 is 0. The third-order valence-electron chi connectivity index (χ3n) is 4.33. The molecule has 1 aliphatic rings. The fourth-order valence-corrected chi connectivity index (χ4v) is 3.16. The molecule has 10 heteroatoms. The van der Waals surface area contributed by atoms with Crippen LogP contribution in [0.25, 0.3) is 22.4 Å². The average Bonchev–Trinajstić information content (AvgIpc) is 3.27. The maximum Gasteiger partial charge on any atom is 0.573 e. The van der Waals surface area contributed by atoms with Gasteiger partial charge in [-0.2, -0.15) is 0 Å². The number of aliphatic hydroxyl groups is 1. The topological polar surface area (TPSA) is 82.3 Å². The lowest BCUT2D eigenvalue weighted by Crippen LogP contribution is -2.17. The highest BCUT2D eigenvalue weighted by Crippen LogP contribution is 2.36. The fraction of sp³-hybridized carbons (Fsp3) is 0.353. The molecule has 0 bridgehead atoms. The molecular weight excluding hydrogens is 365 g/mol. The Hall–Kier alpha value is -2.72. The number of ether oxygens (including phenoxy) is 2. The highest BCUT2D eigenvalue weighted by atomic mass is 19.4. The van der Waals surface area contributed by atoms with Crippen LogP contribution in [-0.2, 0) is 4.74 Å². The molecule has 2 aromatic heterocycles. The van der Waals surface area contributed by atoms with E-state index in [1.807, 2.05) is 0 Å². The van der Waals surface area contributed by atoms with Gasteiger partial charge in [-0.3, -0.25) is 4.57 Å². The van der Waals surface area contributed by atoms with Gasteiger partial charge >= 0.3 is 6.36 Å². The molecule has 2 atom stereocenters. The third kappa shape index (κ3) is 3.45. The number of aromatic nitrogens is 4. The van der Waals surface area contributed by atoms with Crippen LogP contribution in [-0.4, -0.2) is 43.7 Å². The van der Waals surface area contributed by atoms with Gasteiger partial charge in [0.05, 0.1) is 19.0 Å². The molecule has 0 spiro atoms. The second-order valence-electron chi connectivity index (χ2n) is 6.06. The summed E-state index contributed by atoms with van der Waals surface area (Å²) in [5.74, 6) is -0.364. The van der Waals surface area contributed by atoms with Crippen molar-refractivity contribution in [1.29, 1.82) is 0 Å². The summed E-state index contributed by atoms with van der Waals surface area (Å²) in [5.41, 5.74) is 1.17. The van der Waals surface area contributed by atoms with Gasteiger partial charge in [-0.15, -0.1) is 13.2 Å². The zero-order valence-electron chi connectivity index (χ0n) is 13.9. The summed E-state index contributed by atoms with van der Waals surface area (Å²) in [6.45, 7) is -0.0779. The van der Waals surface area contributed by atoms with Crippen molar-refractivity contribution < 1.29 is 27.8 Å². The van der Waals surface area contributed by atoms with Crippen molar-refractivity contribution >= 4 is 11.2 Å². The van der Waals surface area contributed by atoms with Crippen molar-refractivity contribution in [3.05, 3.63) is 36.9 Å². The number of alkyl halides is 3. The summed E-state index contributed by atoms with van der Waals surface area (Å²) in [4.78, 5) is 12.6. The summed E-state index contributed by atoms with van der Waals surface area (Å²) < 4.78 is 49.7. The number of hydrogen-bond donors (Lipinski definition) is 1. The SMILES string of the molecule is OCC1CCC(n2cnc3c(-c4ccccc4OC(F)(F)F)ncnc32)O1. The van der Waals surface area contributed by atoms with Crippen LogP contribution >= 0.6 is 0 Å². The van der Waals surface area contributed by atoms with Crippen molar-refractivity contribution in [3.63, 3.8) is 0 Å². The summed E-state index contributed by atoms with van der Waals surface area (Å²) in [6, 6.07) is 5.74. The van der Waals surface area contributed by atoms with Gasteiger partial charge < -0.3 is 14.6 Å². The quantitative estimate of drug-likeness (QED) is 0.749. The molecule has 1 fully saturated rings. The van der Waals surface area contributed by atoms with Crippen molar-refractivity contribution in [1.82, 2.24) is 19.5 Å². The first-order valence-corrected chi connectivity index (χ1v) is 8.25. The Kier molecular flexibility index (Phi) is 4.44. The Morgan fingerprint density at radius 3 is 2.74 bits per heavy atom. The molecule has 1 N–H and O–H groups in total. The fourth-order valence-electron chi connectivity index (χ4n) is 3.16. The number of para-hydroxylation sites is 1. The number of hydrogen-bond acceptors (Lipinski definition) is 6. The Balaban J connectivity index is 1.77. The molecule has 2 unspecified atom stereocenters. The van der Waals surface area contributed by atoms with E-state index in [-0.39, 0.29) is 35.9 Å². The van der Waals surface area contributed by atoms with E-state index in [0.29, 0.717) is 24.0 Å². The van der Waals surface area contributed by atoms with E-state index in [2.05, 4.69) is 19.7 Å². The summed E-state index contributed by atoms with van der Waals surface area (Å²) in [6.07, 6.45) is -1.28. The minimum absolute atomic E-state index is 0.0779. The predicted octanol–water partition coefficient (Wildman–Crippen LogP) is 3.06. The molecule has 3 heterocycles. The van der Waals surface area contributed by atoms with Crippen LogP contribution in [0.3, 0.4) is 0 Å². The molecule has 0 radical (unpaired) electrons. The lowest BCUT2D eigenvalue weighted by molar-refractivity contribution is -0.274. The first-order chi connectivity index (χ1) is 13.0. The van der Waals surface area contributed by atoms with E-state index in [1.54, 1.807) is 10.6 Å². The van der Waals surface area contributed by atoms with E-state index in [4.69, 9.17) is 4.74 Å². The first-order valence-electron chi connectivity index (χ1n) is 8.25. The zero-order valence-corrected chi connectivity index (χ0v) is 13.9. The number of rotatable bonds is 4. The molecule has 0 amide bonds. The zero-order chi connectivity index (χ0) is 19.0. The number of halogens is 3. The molecule has 1 saturated heterocycles. The minimum atomic E-state index is -4.82.